The van der Waals surface area contributed by atoms with Gasteiger partial charge in [-0.05, 0) is 59.2 Å². The van der Waals surface area contributed by atoms with Gasteiger partial charge in [-0.3, -0.25) is 4.79 Å². The van der Waals surface area contributed by atoms with Crippen molar-refractivity contribution in [2.75, 3.05) is 27.3 Å². The van der Waals surface area contributed by atoms with Crippen LogP contribution in [-0.4, -0.2) is 43.2 Å². The first-order chi connectivity index (χ1) is 13.0. The lowest BCUT2D eigenvalue weighted by Crippen LogP contribution is -2.31. The topological polar surface area (TPSA) is 59.0 Å². The second-order valence-electron chi connectivity index (χ2n) is 6.31. The molecular weight excluding hydrogens is 342 g/mol. The van der Waals surface area contributed by atoms with Crippen molar-refractivity contribution in [1.82, 2.24) is 4.90 Å². The largest absolute Gasteiger partial charge is 0.504 e. The van der Waals surface area contributed by atoms with Gasteiger partial charge < -0.3 is 19.5 Å². The van der Waals surface area contributed by atoms with Crippen molar-refractivity contribution >= 4 is 16.7 Å². The third kappa shape index (κ3) is 4.14. The van der Waals surface area contributed by atoms with Crippen molar-refractivity contribution < 1.29 is 19.4 Å². The summed E-state index contributed by atoms with van der Waals surface area (Å²) in [5.41, 5.74) is 1.98. The van der Waals surface area contributed by atoms with Crippen LogP contribution in [0.1, 0.15) is 6.92 Å². The second-order valence-corrected chi connectivity index (χ2v) is 6.31. The van der Waals surface area contributed by atoms with Gasteiger partial charge in [-0.2, -0.15) is 0 Å². The van der Waals surface area contributed by atoms with Crippen LogP contribution in [-0.2, 0) is 4.79 Å². The maximum atomic E-state index is 11.9. The van der Waals surface area contributed by atoms with Crippen molar-refractivity contribution in [3.05, 3.63) is 54.6 Å². The number of aromatic hydroxyl groups is 1. The number of rotatable bonds is 6. The predicted molar refractivity (Wildman–Crippen MR) is 106 cm³/mol. The summed E-state index contributed by atoms with van der Waals surface area (Å²) in [6.45, 7) is 2.61. The van der Waals surface area contributed by atoms with Crippen LogP contribution in [0.4, 0.5) is 0 Å². The smallest absolute Gasteiger partial charge is 0.260 e. The highest BCUT2D eigenvalue weighted by Crippen LogP contribution is 2.33. The number of carbonyl (C=O) groups is 1. The monoisotopic (exact) mass is 365 g/mol. The van der Waals surface area contributed by atoms with E-state index in [0.29, 0.717) is 18.0 Å². The van der Waals surface area contributed by atoms with E-state index in [1.807, 2.05) is 49.4 Å². The molecule has 1 N–H and O–H groups in total. The summed E-state index contributed by atoms with van der Waals surface area (Å²) in [6, 6.07) is 17.1. The molecule has 27 heavy (non-hydrogen) atoms. The van der Waals surface area contributed by atoms with E-state index in [2.05, 4.69) is 6.07 Å². The Labute approximate surface area is 158 Å². The number of ether oxygens (including phenoxy) is 2. The number of phenols is 1. The fourth-order valence-electron chi connectivity index (χ4n) is 2.78. The molecule has 0 radical (unpaired) electrons. The Kier molecular flexibility index (Phi) is 5.50. The van der Waals surface area contributed by atoms with Gasteiger partial charge in [0.1, 0.15) is 5.75 Å². The van der Waals surface area contributed by atoms with E-state index in [0.717, 1.165) is 21.9 Å². The lowest BCUT2D eigenvalue weighted by Gasteiger charge is -2.15. The van der Waals surface area contributed by atoms with E-state index < -0.39 is 0 Å². The molecule has 0 aromatic heterocycles. The first-order valence-corrected chi connectivity index (χ1v) is 8.79. The maximum absolute atomic E-state index is 11.9. The van der Waals surface area contributed by atoms with Gasteiger partial charge in [-0.15, -0.1) is 0 Å². The van der Waals surface area contributed by atoms with Crippen LogP contribution in [0.15, 0.2) is 54.6 Å². The molecule has 0 heterocycles. The fourth-order valence-corrected chi connectivity index (χ4v) is 2.78. The van der Waals surface area contributed by atoms with Gasteiger partial charge in [0.2, 0.25) is 0 Å². The predicted octanol–water partition coefficient (Wildman–Crippen LogP) is 4.08. The highest BCUT2D eigenvalue weighted by atomic mass is 16.5. The zero-order chi connectivity index (χ0) is 19.4. The Morgan fingerprint density at radius 3 is 2.41 bits per heavy atom. The van der Waals surface area contributed by atoms with Crippen LogP contribution < -0.4 is 9.47 Å². The summed E-state index contributed by atoms with van der Waals surface area (Å²) in [5, 5.41) is 11.8. The molecule has 0 aliphatic heterocycles. The van der Waals surface area contributed by atoms with Gasteiger partial charge in [0.25, 0.3) is 5.91 Å². The first-order valence-electron chi connectivity index (χ1n) is 8.79. The molecule has 0 aliphatic rings. The molecule has 5 nitrogen and oxygen atoms in total. The molecule has 1 amide bonds. The number of hydrogen-bond donors (Lipinski definition) is 1. The van der Waals surface area contributed by atoms with Gasteiger partial charge in [0.05, 0.1) is 7.11 Å². The zero-order valence-corrected chi connectivity index (χ0v) is 15.7. The number of carbonyl (C=O) groups excluding carboxylic acids is 1. The van der Waals surface area contributed by atoms with Crippen LogP contribution in [0.25, 0.3) is 21.9 Å². The Balaban J connectivity index is 1.82. The molecule has 0 bridgehead atoms. The van der Waals surface area contributed by atoms with E-state index in [9.17, 15) is 9.90 Å². The molecule has 0 spiro atoms. The quantitative estimate of drug-likeness (QED) is 0.715. The first kappa shape index (κ1) is 18.6. The molecule has 3 aromatic carbocycles. The molecule has 5 heteroatoms. The van der Waals surface area contributed by atoms with Crippen molar-refractivity contribution in [2.45, 2.75) is 6.92 Å². The van der Waals surface area contributed by atoms with Gasteiger partial charge in [0, 0.05) is 13.6 Å². The van der Waals surface area contributed by atoms with E-state index >= 15 is 0 Å². The van der Waals surface area contributed by atoms with Gasteiger partial charge in [0.15, 0.2) is 18.1 Å². The average molecular weight is 365 g/mol. The van der Waals surface area contributed by atoms with Crippen LogP contribution >= 0.6 is 0 Å². The molecule has 140 valence electrons. The molecule has 0 aliphatic carbocycles. The van der Waals surface area contributed by atoms with Gasteiger partial charge in [-0.1, -0.05) is 24.3 Å². The van der Waals surface area contributed by atoms with Crippen molar-refractivity contribution in [2.24, 2.45) is 0 Å². The van der Waals surface area contributed by atoms with Crippen molar-refractivity contribution in [3.63, 3.8) is 0 Å². The SMILES string of the molecule is CCN(C)C(=O)COc1ccc2cc(-c3ccc(O)c(OC)c3)ccc2c1. The van der Waals surface area contributed by atoms with Crippen LogP contribution in [0.2, 0.25) is 0 Å². The summed E-state index contributed by atoms with van der Waals surface area (Å²) in [5.74, 6) is 1.18. The van der Waals surface area contributed by atoms with Crippen LogP contribution in [0, 0.1) is 0 Å². The van der Waals surface area contributed by atoms with E-state index in [1.54, 1.807) is 18.0 Å². The number of likely N-dealkylation sites (N-methyl/N-ethyl adjacent to an activating group) is 1. The highest BCUT2D eigenvalue weighted by molar-refractivity contribution is 5.88. The number of phenolic OH excluding ortho intramolecular Hbond substituents is 1. The number of hydrogen-bond acceptors (Lipinski definition) is 4. The zero-order valence-electron chi connectivity index (χ0n) is 15.7. The Hall–Kier alpha value is -3.21. The number of fused-ring (bicyclic) bond motifs is 1. The van der Waals surface area contributed by atoms with E-state index in [4.69, 9.17) is 9.47 Å². The molecule has 3 aromatic rings. The molecule has 0 unspecified atom stereocenters. The molecule has 0 atom stereocenters. The molecule has 0 saturated heterocycles. The number of benzene rings is 3. The Morgan fingerprint density at radius 2 is 1.67 bits per heavy atom. The Morgan fingerprint density at radius 1 is 1.00 bits per heavy atom. The van der Waals surface area contributed by atoms with Gasteiger partial charge in [-0.25, -0.2) is 0 Å². The fraction of sp³-hybridized carbons (Fsp3) is 0.227. The summed E-state index contributed by atoms with van der Waals surface area (Å²) >= 11 is 0. The number of amides is 1. The summed E-state index contributed by atoms with van der Waals surface area (Å²) in [7, 11) is 3.29. The lowest BCUT2D eigenvalue weighted by molar-refractivity contribution is -0.131. The number of nitrogens with zero attached hydrogens (tertiary/aromatic N) is 1. The summed E-state index contributed by atoms with van der Waals surface area (Å²) in [6.07, 6.45) is 0. The third-order valence-corrected chi connectivity index (χ3v) is 4.59. The van der Waals surface area contributed by atoms with Crippen LogP contribution in [0.5, 0.6) is 17.2 Å². The lowest BCUT2D eigenvalue weighted by atomic mass is 10.0. The maximum Gasteiger partial charge on any atom is 0.260 e. The van der Waals surface area contributed by atoms with Crippen molar-refractivity contribution in [3.8, 4) is 28.4 Å². The van der Waals surface area contributed by atoms with E-state index in [1.165, 1.54) is 7.11 Å². The average Bonchev–Trinajstić information content (AvgIpc) is 2.71. The summed E-state index contributed by atoms with van der Waals surface area (Å²) in [4.78, 5) is 13.5. The minimum Gasteiger partial charge on any atom is -0.504 e. The molecular formula is C22H23NO4. The second kappa shape index (κ2) is 7.99. The van der Waals surface area contributed by atoms with Crippen LogP contribution in [0.3, 0.4) is 0 Å². The Bertz CT molecular complexity index is 968. The normalized spacial score (nSPS) is 10.6. The summed E-state index contributed by atoms with van der Waals surface area (Å²) < 4.78 is 10.8. The minimum atomic E-state index is -0.0470. The molecule has 3 rings (SSSR count). The standard InChI is InChI=1S/C22H23NO4/c1-4-23(2)22(25)14-27-19-9-7-16-11-15(5-6-17(16)12-19)18-8-10-20(24)21(13-18)26-3/h5-13,24H,4,14H2,1-3H3. The third-order valence-electron chi connectivity index (χ3n) is 4.59. The molecule has 0 fully saturated rings. The van der Waals surface area contributed by atoms with Crippen molar-refractivity contribution in [1.29, 1.82) is 0 Å². The van der Waals surface area contributed by atoms with E-state index in [-0.39, 0.29) is 18.3 Å². The highest BCUT2D eigenvalue weighted by Gasteiger charge is 2.09. The van der Waals surface area contributed by atoms with Gasteiger partial charge >= 0.3 is 0 Å². The molecule has 0 saturated carbocycles. The minimum absolute atomic E-state index is 0.0290. The number of methoxy groups -OCH3 is 1.